The van der Waals surface area contributed by atoms with E-state index in [1.165, 1.54) is 19.2 Å². The van der Waals surface area contributed by atoms with Gasteiger partial charge >= 0.3 is 0 Å². The summed E-state index contributed by atoms with van der Waals surface area (Å²) < 4.78 is 25.5. The van der Waals surface area contributed by atoms with Gasteiger partial charge in [-0.25, -0.2) is 8.42 Å². The van der Waals surface area contributed by atoms with Crippen molar-refractivity contribution in [2.24, 2.45) is 0 Å². The molecular weight excluding hydrogens is 264 g/mol. The molecule has 0 aliphatic carbocycles. The average molecular weight is 278 g/mol. The molecule has 0 aliphatic rings. The van der Waals surface area contributed by atoms with Crippen LogP contribution in [0.5, 0.6) is 0 Å². The molecule has 5 nitrogen and oxygen atoms in total. The first-order chi connectivity index (χ1) is 9.02. The lowest BCUT2D eigenvalue weighted by molar-refractivity contribution is 0.350. The van der Waals surface area contributed by atoms with Crippen LogP contribution in [0.1, 0.15) is 12.0 Å². The SMILES string of the molecule is CN(CCC#N)S(=O)(=O)c1cccc(C#CCO)c1. The number of aliphatic hydroxyl groups excluding tert-OH is 1. The molecule has 100 valence electrons. The van der Waals surface area contributed by atoms with Crippen LogP contribution in [-0.2, 0) is 10.0 Å². The molecule has 1 aromatic rings. The van der Waals surface area contributed by atoms with Crippen molar-refractivity contribution in [1.82, 2.24) is 4.31 Å². The van der Waals surface area contributed by atoms with Crippen molar-refractivity contribution in [3.63, 3.8) is 0 Å². The highest BCUT2D eigenvalue weighted by molar-refractivity contribution is 7.89. The monoisotopic (exact) mass is 278 g/mol. The fourth-order valence-corrected chi connectivity index (χ4v) is 2.60. The standard InChI is InChI=1S/C13H14N2O3S/c1-15(9-4-8-14)19(17,18)13-7-2-5-12(11-13)6-3-10-16/h2,5,7,11,16H,4,9-10H2,1H3. The van der Waals surface area contributed by atoms with E-state index in [9.17, 15) is 8.42 Å². The molecule has 0 amide bonds. The predicted molar refractivity (Wildman–Crippen MR) is 70.5 cm³/mol. The molecule has 0 atom stereocenters. The van der Waals surface area contributed by atoms with E-state index in [-0.39, 0.29) is 24.5 Å². The number of nitrogens with zero attached hydrogens (tertiary/aromatic N) is 2. The molecule has 0 spiro atoms. The van der Waals surface area contributed by atoms with Crippen molar-refractivity contribution in [3.8, 4) is 17.9 Å². The van der Waals surface area contributed by atoms with Gasteiger partial charge in [0.05, 0.1) is 11.0 Å². The zero-order valence-corrected chi connectivity index (χ0v) is 11.3. The Morgan fingerprint density at radius 3 is 2.79 bits per heavy atom. The summed E-state index contributed by atoms with van der Waals surface area (Å²) in [5.74, 6) is 5.11. The maximum atomic E-state index is 12.2. The Kier molecular flexibility index (Phi) is 5.53. The first-order valence-corrected chi connectivity index (χ1v) is 6.99. The molecule has 1 aromatic carbocycles. The van der Waals surface area contributed by atoms with Crippen molar-refractivity contribution in [3.05, 3.63) is 29.8 Å². The third-order valence-electron chi connectivity index (χ3n) is 2.39. The van der Waals surface area contributed by atoms with E-state index in [0.29, 0.717) is 5.56 Å². The van der Waals surface area contributed by atoms with Gasteiger partial charge in [0, 0.05) is 25.6 Å². The maximum Gasteiger partial charge on any atom is 0.242 e. The summed E-state index contributed by atoms with van der Waals surface area (Å²) in [6, 6.07) is 8.08. The van der Waals surface area contributed by atoms with Gasteiger partial charge in [-0.05, 0) is 18.2 Å². The molecule has 0 aliphatic heterocycles. The van der Waals surface area contributed by atoms with Crippen LogP contribution >= 0.6 is 0 Å². The molecule has 19 heavy (non-hydrogen) atoms. The van der Waals surface area contributed by atoms with Crippen molar-refractivity contribution in [1.29, 1.82) is 5.26 Å². The Morgan fingerprint density at radius 1 is 1.42 bits per heavy atom. The highest BCUT2D eigenvalue weighted by Gasteiger charge is 2.20. The topological polar surface area (TPSA) is 81.4 Å². The van der Waals surface area contributed by atoms with Gasteiger partial charge in [0.25, 0.3) is 0 Å². The van der Waals surface area contributed by atoms with Gasteiger partial charge < -0.3 is 5.11 Å². The lowest BCUT2D eigenvalue weighted by Gasteiger charge is -2.15. The van der Waals surface area contributed by atoms with Gasteiger partial charge in [-0.2, -0.15) is 9.57 Å². The Morgan fingerprint density at radius 2 is 2.16 bits per heavy atom. The van der Waals surface area contributed by atoms with Gasteiger partial charge in [0.15, 0.2) is 0 Å². The zero-order chi connectivity index (χ0) is 14.3. The summed E-state index contributed by atoms with van der Waals surface area (Å²) in [5.41, 5.74) is 0.517. The van der Waals surface area contributed by atoms with E-state index >= 15 is 0 Å². The number of benzene rings is 1. The van der Waals surface area contributed by atoms with E-state index in [1.807, 2.05) is 6.07 Å². The van der Waals surface area contributed by atoms with Crippen LogP contribution in [0.3, 0.4) is 0 Å². The van der Waals surface area contributed by atoms with Crippen LogP contribution in [-0.4, -0.2) is 38.0 Å². The quantitative estimate of drug-likeness (QED) is 0.816. The highest BCUT2D eigenvalue weighted by atomic mass is 32.2. The minimum Gasteiger partial charge on any atom is -0.384 e. The average Bonchev–Trinajstić information content (AvgIpc) is 2.42. The van der Waals surface area contributed by atoms with Crippen LogP contribution < -0.4 is 0 Å². The highest BCUT2D eigenvalue weighted by Crippen LogP contribution is 2.15. The molecule has 0 saturated heterocycles. The first-order valence-electron chi connectivity index (χ1n) is 5.55. The molecule has 1 rings (SSSR count). The molecule has 0 saturated carbocycles. The Bertz CT molecular complexity index is 636. The molecule has 0 bridgehead atoms. The van der Waals surface area contributed by atoms with E-state index in [4.69, 9.17) is 10.4 Å². The molecule has 6 heteroatoms. The van der Waals surface area contributed by atoms with Gasteiger partial charge in [0.1, 0.15) is 6.61 Å². The van der Waals surface area contributed by atoms with Crippen LogP contribution in [0.2, 0.25) is 0 Å². The Labute approximate surface area is 113 Å². The van der Waals surface area contributed by atoms with Gasteiger partial charge in [0.2, 0.25) is 10.0 Å². The van der Waals surface area contributed by atoms with Crippen LogP contribution in [0.4, 0.5) is 0 Å². The van der Waals surface area contributed by atoms with Crippen molar-refractivity contribution >= 4 is 10.0 Å². The fraction of sp³-hybridized carbons (Fsp3) is 0.308. The number of nitriles is 1. The summed E-state index contributed by atoms with van der Waals surface area (Å²) in [6.45, 7) is -0.134. The minimum absolute atomic E-state index is 0.123. The fourth-order valence-electron chi connectivity index (χ4n) is 1.38. The van der Waals surface area contributed by atoms with Crippen molar-refractivity contribution < 1.29 is 13.5 Å². The Balaban J connectivity index is 3.05. The second-order valence-corrected chi connectivity index (χ2v) is 5.77. The normalized spacial score (nSPS) is 10.6. The largest absolute Gasteiger partial charge is 0.384 e. The minimum atomic E-state index is -3.61. The summed E-state index contributed by atoms with van der Waals surface area (Å²) in [7, 11) is -2.18. The summed E-state index contributed by atoms with van der Waals surface area (Å²) >= 11 is 0. The van der Waals surface area contributed by atoms with E-state index in [2.05, 4.69) is 11.8 Å². The van der Waals surface area contributed by atoms with Gasteiger partial charge in [-0.1, -0.05) is 17.9 Å². The molecule has 0 heterocycles. The second-order valence-electron chi connectivity index (χ2n) is 3.72. The summed E-state index contributed by atoms with van der Waals surface area (Å²) in [5, 5.41) is 17.1. The number of hydrogen-bond donors (Lipinski definition) is 1. The molecule has 0 unspecified atom stereocenters. The van der Waals surface area contributed by atoms with Crippen LogP contribution in [0.15, 0.2) is 29.2 Å². The molecule has 0 aromatic heterocycles. The van der Waals surface area contributed by atoms with Crippen molar-refractivity contribution in [2.75, 3.05) is 20.2 Å². The number of aliphatic hydroxyl groups is 1. The predicted octanol–water partition coefficient (Wildman–Crippen LogP) is 0.565. The third-order valence-corrected chi connectivity index (χ3v) is 4.25. The van der Waals surface area contributed by atoms with Crippen LogP contribution in [0.25, 0.3) is 0 Å². The van der Waals surface area contributed by atoms with Crippen LogP contribution in [0, 0.1) is 23.2 Å². The third kappa shape index (κ3) is 4.08. The first kappa shape index (κ1) is 15.2. The molecular formula is C13H14N2O3S. The number of rotatable bonds is 4. The molecule has 1 N–H and O–H groups in total. The lowest BCUT2D eigenvalue weighted by atomic mass is 10.2. The Hall–Kier alpha value is -1.86. The lowest BCUT2D eigenvalue weighted by Crippen LogP contribution is -2.27. The van der Waals surface area contributed by atoms with Gasteiger partial charge in [-0.15, -0.1) is 0 Å². The van der Waals surface area contributed by atoms with E-state index < -0.39 is 10.0 Å². The molecule has 0 radical (unpaired) electrons. The summed E-state index contributed by atoms with van der Waals surface area (Å²) in [4.78, 5) is 0.123. The zero-order valence-electron chi connectivity index (χ0n) is 10.5. The van der Waals surface area contributed by atoms with Crippen molar-refractivity contribution in [2.45, 2.75) is 11.3 Å². The number of hydrogen-bond acceptors (Lipinski definition) is 4. The van der Waals surface area contributed by atoms with E-state index in [1.54, 1.807) is 12.1 Å². The maximum absolute atomic E-state index is 12.2. The summed E-state index contributed by atoms with van der Waals surface area (Å²) in [6.07, 6.45) is 0.139. The van der Waals surface area contributed by atoms with Gasteiger partial charge in [-0.3, -0.25) is 0 Å². The van der Waals surface area contributed by atoms with E-state index in [0.717, 1.165) is 4.31 Å². The number of sulfonamides is 1. The smallest absolute Gasteiger partial charge is 0.242 e. The molecule has 0 fully saturated rings. The second kappa shape index (κ2) is 6.91.